The highest BCUT2D eigenvalue weighted by Crippen LogP contribution is 2.27. The molecule has 0 saturated carbocycles. The van der Waals surface area contributed by atoms with Crippen molar-refractivity contribution in [2.75, 3.05) is 11.4 Å². The molecule has 2 rings (SSSR count). The Bertz CT molecular complexity index is 499. The Morgan fingerprint density at radius 3 is 2.94 bits per heavy atom. The molecule has 0 saturated heterocycles. The van der Waals surface area contributed by atoms with Gasteiger partial charge in [-0.2, -0.15) is 5.26 Å². The summed E-state index contributed by atoms with van der Waals surface area (Å²) in [4.78, 5) is 2.17. The lowest BCUT2D eigenvalue weighted by Gasteiger charge is -2.14. The Labute approximate surface area is 99.8 Å². The zero-order chi connectivity index (χ0) is 11.5. The van der Waals surface area contributed by atoms with Gasteiger partial charge < -0.3 is 10.6 Å². The maximum absolute atomic E-state index is 8.89. The standard InChI is InChI=1S/C12H11N3S/c13-7-10(12(14)16)8-15-6-5-9-3-1-2-4-11(9)15/h1-4,8H,5-6H2,(H2,14,16). The lowest BCUT2D eigenvalue weighted by molar-refractivity contribution is 0.990. The average Bonchev–Trinajstić information content (AvgIpc) is 2.69. The maximum Gasteiger partial charge on any atom is 0.116 e. The van der Waals surface area contributed by atoms with Crippen LogP contribution in [0.5, 0.6) is 0 Å². The van der Waals surface area contributed by atoms with Crippen LogP contribution in [0, 0.1) is 11.3 Å². The number of hydrogen-bond acceptors (Lipinski definition) is 3. The number of anilines is 1. The first-order chi connectivity index (χ1) is 7.72. The fourth-order valence-corrected chi connectivity index (χ4v) is 1.90. The SMILES string of the molecule is N#CC(=CN1CCc2ccccc21)C(N)=S. The van der Waals surface area contributed by atoms with E-state index in [4.69, 9.17) is 23.2 Å². The minimum absolute atomic E-state index is 0.145. The van der Waals surface area contributed by atoms with Crippen LogP contribution in [0.25, 0.3) is 0 Å². The molecule has 0 aliphatic carbocycles. The van der Waals surface area contributed by atoms with E-state index in [1.54, 1.807) is 6.20 Å². The van der Waals surface area contributed by atoms with Gasteiger partial charge in [0.2, 0.25) is 0 Å². The Hall–Kier alpha value is -1.86. The van der Waals surface area contributed by atoms with Gasteiger partial charge in [-0.05, 0) is 18.1 Å². The first-order valence-electron chi connectivity index (χ1n) is 4.98. The fraction of sp³-hybridized carbons (Fsp3) is 0.167. The third kappa shape index (κ3) is 1.90. The Kier molecular flexibility index (Phi) is 2.88. The molecule has 16 heavy (non-hydrogen) atoms. The van der Waals surface area contributed by atoms with E-state index in [1.807, 2.05) is 29.2 Å². The minimum atomic E-state index is 0.145. The number of fused-ring (bicyclic) bond motifs is 1. The van der Waals surface area contributed by atoms with Gasteiger partial charge in [-0.1, -0.05) is 30.4 Å². The lowest BCUT2D eigenvalue weighted by atomic mass is 10.2. The topological polar surface area (TPSA) is 53.0 Å². The molecule has 1 aliphatic heterocycles. The van der Waals surface area contributed by atoms with Crippen molar-refractivity contribution in [1.82, 2.24) is 0 Å². The molecule has 0 bridgehead atoms. The first kappa shape index (κ1) is 10.7. The summed E-state index contributed by atoms with van der Waals surface area (Å²) < 4.78 is 0. The van der Waals surface area contributed by atoms with Crippen molar-refractivity contribution >= 4 is 22.9 Å². The molecule has 0 unspecified atom stereocenters. The molecule has 0 atom stereocenters. The first-order valence-corrected chi connectivity index (χ1v) is 5.39. The summed E-state index contributed by atoms with van der Waals surface area (Å²) in [6.07, 6.45) is 2.72. The largest absolute Gasteiger partial charge is 0.389 e. The van der Waals surface area contributed by atoms with Crippen molar-refractivity contribution in [3.63, 3.8) is 0 Å². The normalized spacial score (nSPS) is 14.4. The molecule has 0 fully saturated rings. The predicted octanol–water partition coefficient (Wildman–Crippen LogP) is 1.74. The fourth-order valence-electron chi connectivity index (χ4n) is 1.80. The van der Waals surface area contributed by atoms with E-state index in [0.29, 0.717) is 5.57 Å². The molecule has 0 radical (unpaired) electrons. The monoisotopic (exact) mass is 229 g/mol. The molecule has 0 spiro atoms. The molecular formula is C12H11N3S. The maximum atomic E-state index is 8.89. The zero-order valence-electron chi connectivity index (χ0n) is 8.68. The van der Waals surface area contributed by atoms with Crippen LogP contribution in [-0.4, -0.2) is 11.5 Å². The Balaban J connectivity index is 2.33. The minimum Gasteiger partial charge on any atom is -0.389 e. The molecule has 0 amide bonds. The molecule has 0 aromatic heterocycles. The van der Waals surface area contributed by atoms with Gasteiger partial charge in [-0.25, -0.2) is 0 Å². The van der Waals surface area contributed by atoms with Crippen LogP contribution in [-0.2, 0) is 6.42 Å². The number of nitrogens with zero attached hydrogens (tertiary/aromatic N) is 2. The van der Waals surface area contributed by atoms with Gasteiger partial charge in [-0.15, -0.1) is 0 Å². The summed E-state index contributed by atoms with van der Waals surface area (Å²) >= 11 is 4.81. The number of hydrogen-bond donors (Lipinski definition) is 1. The van der Waals surface area contributed by atoms with Gasteiger partial charge in [0.05, 0.1) is 0 Å². The van der Waals surface area contributed by atoms with Crippen molar-refractivity contribution in [1.29, 1.82) is 5.26 Å². The molecule has 1 aliphatic rings. The van der Waals surface area contributed by atoms with E-state index in [-0.39, 0.29) is 4.99 Å². The van der Waals surface area contributed by atoms with Crippen molar-refractivity contribution in [2.45, 2.75) is 6.42 Å². The number of para-hydroxylation sites is 1. The van der Waals surface area contributed by atoms with Crippen LogP contribution in [0.2, 0.25) is 0 Å². The number of benzene rings is 1. The summed E-state index contributed by atoms with van der Waals surface area (Å²) in [5.41, 5.74) is 8.23. The number of thiocarbonyl (C=S) groups is 1. The third-order valence-electron chi connectivity index (χ3n) is 2.59. The summed E-state index contributed by atoms with van der Waals surface area (Å²) in [6, 6.07) is 10.1. The van der Waals surface area contributed by atoms with Crippen molar-refractivity contribution in [3.05, 3.63) is 41.6 Å². The van der Waals surface area contributed by atoms with E-state index in [2.05, 4.69) is 6.07 Å². The van der Waals surface area contributed by atoms with Crippen LogP contribution < -0.4 is 10.6 Å². The molecule has 4 heteroatoms. The second-order valence-electron chi connectivity index (χ2n) is 3.59. The van der Waals surface area contributed by atoms with E-state index < -0.39 is 0 Å². The quantitative estimate of drug-likeness (QED) is 0.477. The number of nitriles is 1. The lowest BCUT2D eigenvalue weighted by Crippen LogP contribution is -2.18. The highest BCUT2D eigenvalue weighted by Gasteiger charge is 2.17. The van der Waals surface area contributed by atoms with Crippen LogP contribution in [0.1, 0.15) is 5.56 Å². The molecule has 80 valence electrons. The van der Waals surface area contributed by atoms with Crippen LogP contribution in [0.15, 0.2) is 36.0 Å². The third-order valence-corrected chi connectivity index (χ3v) is 2.81. The van der Waals surface area contributed by atoms with Gasteiger partial charge in [0.15, 0.2) is 0 Å². The van der Waals surface area contributed by atoms with Gasteiger partial charge in [0.25, 0.3) is 0 Å². The summed E-state index contributed by atoms with van der Waals surface area (Å²) in [5, 5.41) is 8.89. The number of nitrogens with two attached hydrogens (primary N) is 1. The Morgan fingerprint density at radius 1 is 1.50 bits per heavy atom. The predicted molar refractivity (Wildman–Crippen MR) is 68.0 cm³/mol. The van der Waals surface area contributed by atoms with Crippen molar-refractivity contribution in [3.8, 4) is 6.07 Å². The molecule has 3 nitrogen and oxygen atoms in total. The molecule has 1 heterocycles. The van der Waals surface area contributed by atoms with Gasteiger partial charge in [-0.3, -0.25) is 0 Å². The summed E-state index contributed by atoms with van der Waals surface area (Å²) in [6.45, 7) is 0.868. The summed E-state index contributed by atoms with van der Waals surface area (Å²) in [7, 11) is 0. The van der Waals surface area contributed by atoms with E-state index in [1.165, 1.54) is 5.56 Å². The second-order valence-corrected chi connectivity index (χ2v) is 4.03. The van der Waals surface area contributed by atoms with Gasteiger partial charge in [0, 0.05) is 18.4 Å². The smallest absolute Gasteiger partial charge is 0.116 e. The molecule has 1 aromatic rings. The van der Waals surface area contributed by atoms with Crippen LogP contribution in [0.4, 0.5) is 5.69 Å². The van der Waals surface area contributed by atoms with Crippen molar-refractivity contribution in [2.24, 2.45) is 5.73 Å². The van der Waals surface area contributed by atoms with Gasteiger partial charge in [0.1, 0.15) is 16.6 Å². The molecular weight excluding hydrogens is 218 g/mol. The van der Waals surface area contributed by atoms with E-state index >= 15 is 0 Å². The average molecular weight is 229 g/mol. The van der Waals surface area contributed by atoms with E-state index in [0.717, 1.165) is 18.7 Å². The highest BCUT2D eigenvalue weighted by atomic mass is 32.1. The van der Waals surface area contributed by atoms with Crippen LogP contribution in [0.3, 0.4) is 0 Å². The number of rotatable bonds is 2. The molecule has 1 aromatic carbocycles. The Morgan fingerprint density at radius 2 is 2.25 bits per heavy atom. The summed E-state index contributed by atoms with van der Waals surface area (Å²) in [5.74, 6) is 0. The zero-order valence-corrected chi connectivity index (χ0v) is 9.50. The van der Waals surface area contributed by atoms with Crippen LogP contribution >= 0.6 is 12.2 Å². The highest BCUT2D eigenvalue weighted by molar-refractivity contribution is 7.80. The second kappa shape index (κ2) is 4.33. The van der Waals surface area contributed by atoms with Crippen molar-refractivity contribution < 1.29 is 0 Å². The van der Waals surface area contributed by atoms with E-state index in [9.17, 15) is 0 Å². The molecule has 2 N–H and O–H groups in total. The van der Waals surface area contributed by atoms with Gasteiger partial charge >= 0.3 is 0 Å².